The van der Waals surface area contributed by atoms with Crippen LogP contribution in [0.25, 0.3) is 0 Å². The highest BCUT2D eigenvalue weighted by atomic mass is 19.4. The quantitative estimate of drug-likeness (QED) is 0.794. The molecule has 0 aliphatic heterocycles. The molecule has 0 aromatic carbocycles. The van der Waals surface area contributed by atoms with E-state index in [9.17, 15) is 13.2 Å². The van der Waals surface area contributed by atoms with Crippen LogP contribution >= 0.6 is 0 Å². The number of nitrogens with two attached hydrogens (primary N) is 1. The van der Waals surface area contributed by atoms with E-state index in [1.54, 1.807) is 0 Å². The van der Waals surface area contributed by atoms with Crippen LogP contribution < -0.4 is 5.73 Å². The van der Waals surface area contributed by atoms with E-state index in [-0.39, 0.29) is 18.9 Å². The Hall–Kier alpha value is -0.290. The maximum atomic E-state index is 12.4. The van der Waals surface area contributed by atoms with Crippen molar-refractivity contribution in [1.82, 2.24) is 4.90 Å². The molecule has 0 bridgehead atoms. The molecule has 0 amide bonds. The van der Waals surface area contributed by atoms with E-state index in [0.29, 0.717) is 19.4 Å². The smallest absolute Gasteiger partial charge is 0.329 e. The summed E-state index contributed by atoms with van der Waals surface area (Å²) in [6.07, 6.45) is -2.19. The number of likely N-dealkylation sites (N-methyl/N-ethyl adjacent to an activating group) is 1. The lowest BCUT2D eigenvalue weighted by atomic mass is 9.85. The van der Waals surface area contributed by atoms with Crippen LogP contribution in [0.5, 0.6) is 0 Å². The highest BCUT2D eigenvalue weighted by molar-refractivity contribution is 4.81. The van der Waals surface area contributed by atoms with Crippen LogP contribution in [0.4, 0.5) is 13.2 Å². The summed E-state index contributed by atoms with van der Waals surface area (Å²) in [5.41, 5.74) is 5.41. The average Bonchev–Trinajstić information content (AvgIpc) is 2.17. The fourth-order valence-corrected chi connectivity index (χ4v) is 2.23. The van der Waals surface area contributed by atoms with Gasteiger partial charge in [0.2, 0.25) is 0 Å². The van der Waals surface area contributed by atoms with Crippen molar-refractivity contribution in [2.45, 2.75) is 37.9 Å². The minimum atomic E-state index is -4.00. The first-order chi connectivity index (χ1) is 6.95. The largest absolute Gasteiger partial charge is 0.391 e. The van der Waals surface area contributed by atoms with Crippen molar-refractivity contribution in [3.8, 4) is 0 Å². The molecule has 5 heteroatoms. The molecule has 1 aliphatic rings. The normalized spacial score (nSPS) is 28.4. The van der Waals surface area contributed by atoms with E-state index in [0.717, 1.165) is 6.54 Å². The Morgan fingerprint density at radius 3 is 2.13 bits per heavy atom. The van der Waals surface area contributed by atoms with Crippen molar-refractivity contribution in [1.29, 1.82) is 0 Å². The Morgan fingerprint density at radius 1 is 1.20 bits per heavy atom. The first-order valence-corrected chi connectivity index (χ1v) is 5.42. The summed E-state index contributed by atoms with van der Waals surface area (Å²) >= 11 is 0. The molecule has 2 N–H and O–H groups in total. The zero-order valence-corrected chi connectivity index (χ0v) is 9.06. The third-order valence-corrected chi connectivity index (χ3v) is 3.26. The molecule has 1 fully saturated rings. The van der Waals surface area contributed by atoms with Crippen molar-refractivity contribution in [3.63, 3.8) is 0 Å². The van der Waals surface area contributed by atoms with Gasteiger partial charge in [0.05, 0.1) is 5.92 Å². The summed E-state index contributed by atoms with van der Waals surface area (Å²) in [4.78, 5) is 2.08. The Labute approximate surface area is 88.6 Å². The average molecular weight is 224 g/mol. The van der Waals surface area contributed by atoms with Crippen molar-refractivity contribution >= 4 is 0 Å². The Morgan fingerprint density at radius 2 is 1.73 bits per heavy atom. The van der Waals surface area contributed by atoms with Crippen LogP contribution in [-0.4, -0.2) is 37.3 Å². The minimum Gasteiger partial charge on any atom is -0.329 e. The maximum Gasteiger partial charge on any atom is 0.391 e. The van der Waals surface area contributed by atoms with Gasteiger partial charge >= 0.3 is 6.18 Å². The number of hydrogen-bond donors (Lipinski definition) is 1. The first-order valence-electron chi connectivity index (χ1n) is 5.42. The number of halogens is 3. The van der Waals surface area contributed by atoms with E-state index >= 15 is 0 Å². The van der Waals surface area contributed by atoms with Gasteiger partial charge in [0.25, 0.3) is 0 Å². The van der Waals surface area contributed by atoms with Gasteiger partial charge < -0.3 is 10.6 Å². The summed E-state index contributed by atoms with van der Waals surface area (Å²) < 4.78 is 37.2. The molecule has 0 spiro atoms. The molecule has 1 rings (SSSR count). The summed E-state index contributed by atoms with van der Waals surface area (Å²) in [6, 6.07) is 0.284. The number of nitrogens with zero attached hydrogens (tertiary/aromatic N) is 1. The van der Waals surface area contributed by atoms with E-state index in [4.69, 9.17) is 5.73 Å². The molecule has 15 heavy (non-hydrogen) atoms. The Balaban J connectivity index is 2.36. The summed E-state index contributed by atoms with van der Waals surface area (Å²) in [6.45, 7) is 1.33. The lowest BCUT2D eigenvalue weighted by molar-refractivity contribution is -0.184. The van der Waals surface area contributed by atoms with Gasteiger partial charge in [0.1, 0.15) is 0 Å². The monoisotopic (exact) mass is 224 g/mol. The highest BCUT2D eigenvalue weighted by Gasteiger charge is 2.41. The van der Waals surface area contributed by atoms with Gasteiger partial charge in [-0.05, 0) is 32.7 Å². The second-order valence-corrected chi connectivity index (χ2v) is 4.32. The summed E-state index contributed by atoms with van der Waals surface area (Å²) in [5.74, 6) is -1.08. The van der Waals surface area contributed by atoms with Crippen LogP contribution in [0.15, 0.2) is 0 Å². The summed E-state index contributed by atoms with van der Waals surface area (Å²) in [7, 11) is 1.94. The number of alkyl halides is 3. The fraction of sp³-hybridized carbons (Fsp3) is 1.00. The van der Waals surface area contributed by atoms with Crippen molar-refractivity contribution in [2.24, 2.45) is 11.7 Å². The molecule has 1 aliphatic carbocycles. The molecule has 1 saturated carbocycles. The molecular weight excluding hydrogens is 205 g/mol. The maximum absolute atomic E-state index is 12.4. The molecule has 0 radical (unpaired) electrons. The predicted octanol–water partition coefficient (Wildman–Crippen LogP) is 2.00. The second kappa shape index (κ2) is 5.16. The minimum absolute atomic E-state index is 0.267. The molecule has 2 nitrogen and oxygen atoms in total. The van der Waals surface area contributed by atoms with E-state index < -0.39 is 12.1 Å². The van der Waals surface area contributed by atoms with Gasteiger partial charge in [-0.15, -0.1) is 0 Å². The molecule has 90 valence electrons. The second-order valence-electron chi connectivity index (χ2n) is 4.32. The lowest BCUT2D eigenvalue weighted by Crippen LogP contribution is -2.40. The zero-order valence-electron chi connectivity index (χ0n) is 9.06. The van der Waals surface area contributed by atoms with Crippen LogP contribution in [0, 0.1) is 5.92 Å². The van der Waals surface area contributed by atoms with Crippen molar-refractivity contribution in [2.75, 3.05) is 20.1 Å². The third kappa shape index (κ3) is 3.65. The van der Waals surface area contributed by atoms with E-state index in [2.05, 4.69) is 4.90 Å². The standard InChI is InChI=1S/C10H19F3N2/c1-15(7-6-14)9-4-2-8(3-5-9)10(11,12)13/h8-9H,2-7,14H2,1H3. The molecule has 0 aromatic rings. The van der Waals surface area contributed by atoms with Crippen molar-refractivity contribution < 1.29 is 13.2 Å². The highest BCUT2D eigenvalue weighted by Crippen LogP contribution is 2.38. The van der Waals surface area contributed by atoms with Gasteiger partial charge in [-0.3, -0.25) is 0 Å². The SMILES string of the molecule is CN(CCN)C1CCC(C(F)(F)F)CC1. The van der Waals surface area contributed by atoms with Crippen LogP contribution in [-0.2, 0) is 0 Å². The number of hydrogen-bond acceptors (Lipinski definition) is 2. The van der Waals surface area contributed by atoms with Crippen LogP contribution in [0.2, 0.25) is 0 Å². The molecular formula is C10H19F3N2. The molecule has 0 unspecified atom stereocenters. The third-order valence-electron chi connectivity index (χ3n) is 3.26. The van der Waals surface area contributed by atoms with Gasteiger partial charge in [-0.25, -0.2) is 0 Å². The van der Waals surface area contributed by atoms with Gasteiger partial charge in [0.15, 0.2) is 0 Å². The molecule has 0 aromatic heterocycles. The Bertz CT molecular complexity index is 186. The topological polar surface area (TPSA) is 29.3 Å². The van der Waals surface area contributed by atoms with E-state index in [1.165, 1.54) is 0 Å². The van der Waals surface area contributed by atoms with Gasteiger partial charge in [0, 0.05) is 19.1 Å². The Kier molecular flexibility index (Phi) is 4.40. The van der Waals surface area contributed by atoms with Gasteiger partial charge in [-0.2, -0.15) is 13.2 Å². The molecule has 0 atom stereocenters. The lowest BCUT2D eigenvalue weighted by Gasteiger charge is -2.35. The van der Waals surface area contributed by atoms with Crippen LogP contribution in [0.1, 0.15) is 25.7 Å². The summed E-state index contributed by atoms with van der Waals surface area (Å²) in [5, 5.41) is 0. The van der Waals surface area contributed by atoms with Gasteiger partial charge in [-0.1, -0.05) is 0 Å². The predicted molar refractivity (Wildman–Crippen MR) is 53.5 cm³/mol. The fourth-order valence-electron chi connectivity index (χ4n) is 2.23. The van der Waals surface area contributed by atoms with Crippen LogP contribution in [0.3, 0.4) is 0 Å². The van der Waals surface area contributed by atoms with Crippen molar-refractivity contribution in [3.05, 3.63) is 0 Å². The number of rotatable bonds is 3. The zero-order chi connectivity index (χ0) is 11.5. The molecule has 0 saturated heterocycles. The first kappa shape index (κ1) is 12.8. The molecule has 0 heterocycles. The van der Waals surface area contributed by atoms with E-state index in [1.807, 2.05) is 7.05 Å².